The number of ether oxygens (including phenoxy) is 3. The van der Waals surface area contributed by atoms with Gasteiger partial charge < -0.3 is 19.3 Å². The van der Waals surface area contributed by atoms with Gasteiger partial charge in [-0.05, 0) is 29.6 Å². The monoisotopic (exact) mass is 240 g/mol. The fourth-order valence-corrected chi connectivity index (χ4v) is 4.08. The molecule has 0 spiro atoms. The number of aliphatic hydroxyl groups excluding tert-OH is 1. The molecule has 6 atom stereocenters. The fraction of sp³-hybridized carbons (Fsp3) is 1.00. The maximum Gasteiger partial charge on any atom is 0.0845 e. The van der Waals surface area contributed by atoms with Gasteiger partial charge in [0.05, 0.1) is 38.1 Å². The van der Waals surface area contributed by atoms with E-state index in [9.17, 15) is 5.11 Å². The van der Waals surface area contributed by atoms with E-state index in [0.29, 0.717) is 47.9 Å². The Morgan fingerprint density at radius 2 is 1.35 bits per heavy atom. The summed E-state index contributed by atoms with van der Waals surface area (Å²) in [6.07, 6.45) is 1.30. The summed E-state index contributed by atoms with van der Waals surface area (Å²) in [5.74, 6) is 2.73. The highest BCUT2D eigenvalue weighted by molar-refractivity contribution is 5.12. The molecule has 4 nitrogen and oxygen atoms in total. The summed E-state index contributed by atoms with van der Waals surface area (Å²) in [6.45, 7) is 5.15. The van der Waals surface area contributed by atoms with E-state index in [2.05, 4.69) is 6.92 Å². The summed E-state index contributed by atoms with van der Waals surface area (Å²) < 4.78 is 16.5. The van der Waals surface area contributed by atoms with Crippen LogP contribution in [-0.4, -0.2) is 49.8 Å². The molecule has 0 amide bonds. The molecule has 0 bridgehead atoms. The van der Waals surface area contributed by atoms with Gasteiger partial charge in [-0.3, -0.25) is 0 Å². The molecule has 1 saturated carbocycles. The molecule has 0 radical (unpaired) electrons. The Balaban J connectivity index is 1.56. The molecule has 0 aromatic heterocycles. The van der Waals surface area contributed by atoms with Gasteiger partial charge in [0, 0.05) is 6.61 Å². The molecule has 0 aromatic rings. The van der Waals surface area contributed by atoms with Crippen molar-refractivity contribution in [3.63, 3.8) is 0 Å². The smallest absolute Gasteiger partial charge is 0.0845 e. The second-order valence-corrected chi connectivity index (χ2v) is 6.08. The molecule has 1 aliphatic carbocycles. The molecule has 17 heavy (non-hydrogen) atoms. The van der Waals surface area contributed by atoms with Crippen LogP contribution in [0.5, 0.6) is 0 Å². The normalized spacial score (nSPS) is 57.2. The van der Waals surface area contributed by atoms with Crippen LogP contribution in [0.15, 0.2) is 0 Å². The molecule has 3 saturated heterocycles. The lowest BCUT2D eigenvalue weighted by Crippen LogP contribution is -2.57. The molecule has 0 aromatic carbocycles. The van der Waals surface area contributed by atoms with E-state index in [1.807, 2.05) is 0 Å². The molecule has 4 rings (SSSR count). The van der Waals surface area contributed by atoms with Crippen LogP contribution in [0.2, 0.25) is 0 Å². The number of epoxide rings is 3. The van der Waals surface area contributed by atoms with Crippen molar-refractivity contribution < 1.29 is 19.3 Å². The van der Waals surface area contributed by atoms with Gasteiger partial charge in [-0.25, -0.2) is 0 Å². The van der Waals surface area contributed by atoms with Crippen LogP contribution in [0.1, 0.15) is 6.92 Å². The second kappa shape index (κ2) is 3.67. The van der Waals surface area contributed by atoms with Gasteiger partial charge in [0.25, 0.3) is 0 Å². The van der Waals surface area contributed by atoms with E-state index in [-0.39, 0.29) is 6.61 Å². The van der Waals surface area contributed by atoms with Crippen molar-refractivity contribution in [3.8, 4) is 0 Å². The van der Waals surface area contributed by atoms with Gasteiger partial charge >= 0.3 is 0 Å². The summed E-state index contributed by atoms with van der Waals surface area (Å²) in [4.78, 5) is 0. The maximum atomic E-state index is 9.44. The molecule has 1 N–H and O–H groups in total. The quantitative estimate of drug-likeness (QED) is 0.702. The largest absolute Gasteiger partial charge is 0.396 e. The number of hydrogen-bond acceptors (Lipinski definition) is 4. The third-order valence-electron chi connectivity index (χ3n) is 5.09. The Labute approximate surface area is 101 Å². The third kappa shape index (κ3) is 1.65. The average molecular weight is 240 g/mol. The number of hydrogen-bond donors (Lipinski definition) is 1. The lowest BCUT2D eigenvalue weighted by atomic mass is 9.50. The van der Waals surface area contributed by atoms with E-state index in [0.717, 1.165) is 19.8 Å². The predicted octanol–water partition coefficient (Wildman–Crippen LogP) is 0.290. The van der Waals surface area contributed by atoms with Gasteiger partial charge in [0.1, 0.15) is 0 Å². The van der Waals surface area contributed by atoms with E-state index >= 15 is 0 Å². The molecular weight excluding hydrogens is 220 g/mol. The summed E-state index contributed by atoms with van der Waals surface area (Å²) in [5.41, 5.74) is 0. The topological polar surface area (TPSA) is 57.8 Å². The number of aliphatic hydroxyl groups is 1. The second-order valence-electron chi connectivity index (χ2n) is 6.08. The molecule has 6 unspecified atom stereocenters. The highest BCUT2D eigenvalue weighted by Gasteiger charge is 2.66. The van der Waals surface area contributed by atoms with Gasteiger partial charge in [0.2, 0.25) is 0 Å². The van der Waals surface area contributed by atoms with E-state index in [4.69, 9.17) is 14.2 Å². The third-order valence-corrected chi connectivity index (χ3v) is 5.09. The highest BCUT2D eigenvalue weighted by atomic mass is 16.6. The molecule has 4 aliphatic rings. The first-order valence-electron chi connectivity index (χ1n) is 6.77. The van der Waals surface area contributed by atoms with Crippen LogP contribution in [0.4, 0.5) is 0 Å². The highest BCUT2D eigenvalue weighted by Crippen LogP contribution is 2.61. The first kappa shape index (κ1) is 10.7. The van der Waals surface area contributed by atoms with Crippen LogP contribution < -0.4 is 0 Å². The zero-order valence-electron chi connectivity index (χ0n) is 10.1. The fourth-order valence-electron chi connectivity index (χ4n) is 4.08. The number of rotatable bonds is 5. The van der Waals surface area contributed by atoms with Crippen molar-refractivity contribution in [2.45, 2.75) is 25.2 Å². The van der Waals surface area contributed by atoms with Gasteiger partial charge in [0.15, 0.2) is 0 Å². The Hall–Kier alpha value is -0.160. The van der Waals surface area contributed by atoms with E-state index < -0.39 is 0 Å². The molecule has 3 aliphatic heterocycles. The van der Waals surface area contributed by atoms with E-state index in [1.165, 1.54) is 0 Å². The minimum absolute atomic E-state index is 0.273. The van der Waals surface area contributed by atoms with E-state index in [1.54, 1.807) is 0 Å². The predicted molar refractivity (Wildman–Crippen MR) is 59.4 cm³/mol. The van der Waals surface area contributed by atoms with Crippen molar-refractivity contribution in [3.05, 3.63) is 0 Å². The van der Waals surface area contributed by atoms with Crippen molar-refractivity contribution >= 4 is 0 Å². The first-order chi connectivity index (χ1) is 8.31. The molecule has 4 heteroatoms. The Morgan fingerprint density at radius 3 is 1.71 bits per heavy atom. The zero-order valence-corrected chi connectivity index (χ0v) is 10.1. The molecule has 3 heterocycles. The minimum Gasteiger partial charge on any atom is -0.396 e. The van der Waals surface area contributed by atoms with Gasteiger partial charge in [-0.1, -0.05) is 6.92 Å². The molecule has 4 fully saturated rings. The summed E-state index contributed by atoms with van der Waals surface area (Å²) in [5, 5.41) is 9.44. The first-order valence-corrected chi connectivity index (χ1v) is 6.77. The van der Waals surface area contributed by atoms with Crippen LogP contribution >= 0.6 is 0 Å². The standard InChI is InChI=1S/C13H20O4/c1-6(2-14)10-11(7-3-15-7)13(9-5-17-9)12(10)8-4-16-8/h6-14H,2-5H2,1H3. The van der Waals surface area contributed by atoms with Crippen LogP contribution in [0.3, 0.4) is 0 Å². The minimum atomic E-state index is 0.273. The van der Waals surface area contributed by atoms with Gasteiger partial charge in [-0.2, -0.15) is 0 Å². The summed E-state index contributed by atoms with van der Waals surface area (Å²) in [7, 11) is 0. The lowest BCUT2D eigenvalue weighted by Gasteiger charge is -2.53. The zero-order chi connectivity index (χ0) is 11.6. The van der Waals surface area contributed by atoms with Crippen LogP contribution in [-0.2, 0) is 14.2 Å². The molecule has 96 valence electrons. The van der Waals surface area contributed by atoms with Gasteiger partial charge in [-0.15, -0.1) is 0 Å². The Morgan fingerprint density at radius 1 is 0.941 bits per heavy atom. The molecular formula is C13H20O4. The lowest BCUT2D eigenvalue weighted by molar-refractivity contribution is -0.102. The maximum absolute atomic E-state index is 9.44. The van der Waals surface area contributed by atoms with Crippen molar-refractivity contribution in [1.29, 1.82) is 0 Å². The Kier molecular flexibility index (Phi) is 2.32. The summed E-state index contributed by atoms with van der Waals surface area (Å²) >= 11 is 0. The average Bonchev–Trinajstić information content (AvgIpc) is 3.13. The van der Waals surface area contributed by atoms with Crippen molar-refractivity contribution in [2.75, 3.05) is 26.4 Å². The summed E-state index contributed by atoms with van der Waals surface area (Å²) in [6, 6.07) is 0. The van der Waals surface area contributed by atoms with Crippen LogP contribution in [0, 0.1) is 29.6 Å². The van der Waals surface area contributed by atoms with Crippen LogP contribution in [0.25, 0.3) is 0 Å². The van der Waals surface area contributed by atoms with Crippen molar-refractivity contribution in [2.24, 2.45) is 29.6 Å². The SMILES string of the molecule is CC(CO)C1C(C2CO2)C(C2CO2)C1C1CO1. The van der Waals surface area contributed by atoms with Crippen molar-refractivity contribution in [1.82, 2.24) is 0 Å². The Bertz CT molecular complexity index is 289.